The van der Waals surface area contributed by atoms with Gasteiger partial charge in [0.25, 0.3) is 5.91 Å². The molecule has 4 rings (SSSR count). The van der Waals surface area contributed by atoms with Gasteiger partial charge in [-0.05, 0) is 44.4 Å². The summed E-state index contributed by atoms with van der Waals surface area (Å²) in [5.41, 5.74) is 4.93. The Morgan fingerprint density at radius 3 is 2.27 bits per heavy atom. The molecule has 2 aromatic heterocycles. The zero-order chi connectivity index (χ0) is 23.4. The van der Waals surface area contributed by atoms with E-state index in [0.717, 1.165) is 22.5 Å². The molecule has 168 valence electrons. The van der Waals surface area contributed by atoms with Crippen LogP contribution in [0.3, 0.4) is 0 Å². The molecule has 0 saturated heterocycles. The van der Waals surface area contributed by atoms with Crippen LogP contribution in [0.25, 0.3) is 16.9 Å². The number of hydrogen-bond donors (Lipinski definition) is 1. The van der Waals surface area contributed by atoms with E-state index in [1.165, 1.54) is 21.8 Å². The van der Waals surface area contributed by atoms with Crippen molar-refractivity contribution in [3.8, 4) is 16.9 Å². The highest BCUT2D eigenvalue weighted by atomic mass is 32.1. The zero-order valence-electron chi connectivity index (χ0n) is 18.9. The van der Waals surface area contributed by atoms with E-state index in [9.17, 15) is 9.59 Å². The first-order valence-electron chi connectivity index (χ1n) is 10.8. The Labute approximate surface area is 197 Å². The Hall–Kier alpha value is -3.71. The van der Waals surface area contributed by atoms with E-state index < -0.39 is 0 Å². The maximum absolute atomic E-state index is 12.9. The molecular weight excluding hydrogens is 432 g/mol. The molecular formula is C26H26N4O2S. The van der Waals surface area contributed by atoms with E-state index in [0.29, 0.717) is 17.4 Å². The first-order chi connectivity index (χ1) is 15.9. The number of likely N-dealkylation sites (N-methyl/N-ethyl adjacent to an activating group) is 1. The van der Waals surface area contributed by atoms with Crippen molar-refractivity contribution in [1.82, 2.24) is 14.5 Å². The molecule has 0 atom stereocenters. The number of aromatic nitrogens is 2. The van der Waals surface area contributed by atoms with E-state index in [-0.39, 0.29) is 18.4 Å². The van der Waals surface area contributed by atoms with Crippen LogP contribution in [-0.2, 0) is 4.79 Å². The molecule has 0 unspecified atom stereocenters. The van der Waals surface area contributed by atoms with Crippen LogP contribution in [-0.4, -0.2) is 39.4 Å². The van der Waals surface area contributed by atoms with Crippen LogP contribution >= 0.6 is 11.3 Å². The Bertz CT molecular complexity index is 1240. The van der Waals surface area contributed by atoms with Crippen LogP contribution in [0.2, 0.25) is 0 Å². The summed E-state index contributed by atoms with van der Waals surface area (Å²) >= 11 is 1.37. The number of nitrogens with zero attached hydrogens (tertiary/aromatic N) is 3. The van der Waals surface area contributed by atoms with E-state index in [1.54, 1.807) is 6.07 Å². The average Bonchev–Trinajstić information content (AvgIpc) is 3.49. The number of carbonyl (C=O) groups is 2. The van der Waals surface area contributed by atoms with Gasteiger partial charge in [-0.25, -0.2) is 4.98 Å². The van der Waals surface area contributed by atoms with Gasteiger partial charge in [-0.15, -0.1) is 11.3 Å². The standard InChI is InChI=1S/C26H26N4O2S/c1-4-29(25(32)23-6-5-15-33-23)17-24(31)28-26-27-22(20-11-7-18(2)8-12-20)16-30(26)21-13-9-19(3)10-14-21/h5-16H,4,17H2,1-3H3,(H,27,28,31). The molecule has 0 bridgehead atoms. The Morgan fingerprint density at radius 1 is 1.00 bits per heavy atom. The number of hydrogen-bond acceptors (Lipinski definition) is 4. The fraction of sp³-hybridized carbons (Fsp3) is 0.192. The third-order valence-electron chi connectivity index (χ3n) is 5.35. The summed E-state index contributed by atoms with van der Waals surface area (Å²) in [6.45, 7) is 6.32. The lowest BCUT2D eigenvalue weighted by Gasteiger charge is -2.19. The van der Waals surface area contributed by atoms with Gasteiger partial charge in [-0.2, -0.15) is 0 Å². The number of rotatable bonds is 7. The highest BCUT2D eigenvalue weighted by Gasteiger charge is 2.20. The van der Waals surface area contributed by atoms with Crippen LogP contribution in [0.4, 0.5) is 5.95 Å². The maximum Gasteiger partial charge on any atom is 0.264 e. The minimum absolute atomic E-state index is 0.0478. The van der Waals surface area contributed by atoms with Crippen LogP contribution in [0.1, 0.15) is 27.7 Å². The number of anilines is 1. The van der Waals surface area contributed by atoms with Gasteiger partial charge in [0.15, 0.2) is 0 Å². The van der Waals surface area contributed by atoms with Gasteiger partial charge in [0.1, 0.15) is 6.54 Å². The molecule has 6 nitrogen and oxygen atoms in total. The maximum atomic E-state index is 12.9. The fourth-order valence-corrected chi connectivity index (χ4v) is 4.15. The number of aryl methyl sites for hydroxylation is 2. The van der Waals surface area contributed by atoms with Gasteiger partial charge >= 0.3 is 0 Å². The molecule has 1 N–H and O–H groups in total. The van der Waals surface area contributed by atoms with Gasteiger partial charge in [0.05, 0.1) is 10.6 Å². The highest BCUT2D eigenvalue weighted by Crippen LogP contribution is 2.25. The molecule has 2 heterocycles. The minimum atomic E-state index is -0.295. The molecule has 0 radical (unpaired) electrons. The molecule has 7 heteroatoms. The molecule has 0 aliphatic carbocycles. The number of benzene rings is 2. The van der Waals surface area contributed by atoms with Gasteiger partial charge in [-0.1, -0.05) is 53.6 Å². The molecule has 0 aliphatic heterocycles. The lowest BCUT2D eigenvalue weighted by Crippen LogP contribution is -2.37. The summed E-state index contributed by atoms with van der Waals surface area (Å²) in [5, 5.41) is 4.77. The summed E-state index contributed by atoms with van der Waals surface area (Å²) in [4.78, 5) is 32.5. The second-order valence-electron chi connectivity index (χ2n) is 7.87. The van der Waals surface area contributed by atoms with Gasteiger partial charge in [-0.3, -0.25) is 19.5 Å². The summed E-state index contributed by atoms with van der Waals surface area (Å²) in [6.07, 6.45) is 1.92. The molecule has 33 heavy (non-hydrogen) atoms. The highest BCUT2D eigenvalue weighted by molar-refractivity contribution is 7.12. The van der Waals surface area contributed by atoms with E-state index >= 15 is 0 Å². The smallest absolute Gasteiger partial charge is 0.264 e. The van der Waals surface area contributed by atoms with Crippen molar-refractivity contribution in [3.63, 3.8) is 0 Å². The monoisotopic (exact) mass is 458 g/mol. The van der Waals surface area contributed by atoms with Gasteiger partial charge in [0.2, 0.25) is 11.9 Å². The molecule has 4 aromatic rings. The Balaban J connectivity index is 1.61. The number of nitrogens with one attached hydrogen (secondary N) is 1. The molecule has 2 aromatic carbocycles. The third-order valence-corrected chi connectivity index (χ3v) is 6.21. The summed E-state index contributed by atoms with van der Waals surface area (Å²) in [6, 6.07) is 19.7. The van der Waals surface area contributed by atoms with Crippen LogP contribution in [0.5, 0.6) is 0 Å². The third kappa shape index (κ3) is 5.21. The number of imidazole rings is 1. The van der Waals surface area contributed by atoms with Gasteiger partial charge in [0, 0.05) is 24.0 Å². The van der Waals surface area contributed by atoms with Crippen molar-refractivity contribution in [2.24, 2.45) is 0 Å². The normalized spacial score (nSPS) is 10.8. The average molecular weight is 459 g/mol. The lowest BCUT2D eigenvalue weighted by atomic mass is 10.1. The number of carbonyl (C=O) groups excluding carboxylic acids is 2. The van der Waals surface area contributed by atoms with Crippen LogP contribution in [0, 0.1) is 13.8 Å². The lowest BCUT2D eigenvalue weighted by molar-refractivity contribution is -0.116. The van der Waals surface area contributed by atoms with Gasteiger partial charge < -0.3 is 4.90 Å². The molecule has 2 amide bonds. The summed E-state index contributed by atoms with van der Waals surface area (Å²) < 4.78 is 1.86. The summed E-state index contributed by atoms with van der Waals surface area (Å²) in [5.74, 6) is -0.0277. The van der Waals surface area contributed by atoms with Crippen molar-refractivity contribution in [3.05, 3.63) is 88.2 Å². The molecule has 0 aliphatic rings. The van der Waals surface area contributed by atoms with Crippen LogP contribution in [0.15, 0.2) is 72.2 Å². The zero-order valence-corrected chi connectivity index (χ0v) is 19.7. The van der Waals surface area contributed by atoms with Crippen molar-refractivity contribution in [2.75, 3.05) is 18.4 Å². The molecule has 0 spiro atoms. The largest absolute Gasteiger partial charge is 0.329 e. The van der Waals surface area contributed by atoms with Crippen LogP contribution < -0.4 is 5.32 Å². The Kier molecular flexibility index (Phi) is 6.70. The van der Waals surface area contributed by atoms with E-state index in [2.05, 4.69) is 5.32 Å². The molecule has 0 fully saturated rings. The van der Waals surface area contributed by atoms with Crippen molar-refractivity contribution in [1.29, 1.82) is 0 Å². The second-order valence-corrected chi connectivity index (χ2v) is 8.81. The predicted molar refractivity (Wildman–Crippen MR) is 133 cm³/mol. The molecule has 0 saturated carbocycles. The first kappa shape index (κ1) is 22.5. The first-order valence-corrected chi connectivity index (χ1v) is 11.7. The number of thiophene rings is 1. The summed E-state index contributed by atoms with van der Waals surface area (Å²) in [7, 11) is 0. The fourth-order valence-electron chi connectivity index (χ4n) is 3.45. The minimum Gasteiger partial charge on any atom is -0.329 e. The Morgan fingerprint density at radius 2 is 1.67 bits per heavy atom. The second kappa shape index (κ2) is 9.83. The number of amides is 2. The topological polar surface area (TPSA) is 67.2 Å². The SMILES string of the molecule is CCN(CC(=O)Nc1nc(-c2ccc(C)cc2)cn1-c1ccc(C)cc1)C(=O)c1cccs1. The van der Waals surface area contributed by atoms with Crippen molar-refractivity contribution >= 4 is 29.1 Å². The van der Waals surface area contributed by atoms with E-state index in [1.807, 2.05) is 91.5 Å². The van der Waals surface area contributed by atoms with Crippen molar-refractivity contribution < 1.29 is 9.59 Å². The quantitative estimate of drug-likeness (QED) is 0.408. The van der Waals surface area contributed by atoms with Crippen molar-refractivity contribution in [2.45, 2.75) is 20.8 Å². The predicted octanol–water partition coefficient (Wildman–Crippen LogP) is 5.32. The van der Waals surface area contributed by atoms with E-state index in [4.69, 9.17) is 4.98 Å².